The van der Waals surface area contributed by atoms with Crippen molar-refractivity contribution in [1.29, 1.82) is 0 Å². The Labute approximate surface area is 169 Å². The second kappa shape index (κ2) is 7.76. The molecule has 0 fully saturated rings. The van der Waals surface area contributed by atoms with E-state index in [2.05, 4.69) is 15.0 Å². The number of anilines is 1. The minimum absolute atomic E-state index is 0.161. The van der Waals surface area contributed by atoms with Crippen molar-refractivity contribution < 1.29 is 29.3 Å². The molecule has 1 atom stereocenters. The van der Waals surface area contributed by atoms with Crippen LogP contribution >= 0.6 is 11.6 Å². The number of carbonyl (C=O) groups excluding carboxylic acids is 1. The first-order valence-corrected chi connectivity index (χ1v) is 8.66. The summed E-state index contributed by atoms with van der Waals surface area (Å²) in [6.07, 6.45) is 1.34. The zero-order valence-electron chi connectivity index (χ0n) is 15.0. The van der Waals surface area contributed by atoms with E-state index in [9.17, 15) is 19.5 Å². The maximum atomic E-state index is 12.5. The molecular formula is C20H15ClN2O6. The number of amides is 1. The predicted molar refractivity (Wildman–Crippen MR) is 104 cm³/mol. The largest absolute Gasteiger partial charge is 0.479 e. The van der Waals surface area contributed by atoms with Crippen molar-refractivity contribution in [2.45, 2.75) is 5.54 Å². The summed E-state index contributed by atoms with van der Waals surface area (Å²) in [5.74, 6) is -2.55. The van der Waals surface area contributed by atoms with Gasteiger partial charge in [-0.2, -0.15) is 0 Å². The summed E-state index contributed by atoms with van der Waals surface area (Å²) in [6.45, 7) is 0. The van der Waals surface area contributed by atoms with Gasteiger partial charge < -0.3 is 14.9 Å². The molecule has 3 N–H and O–H groups in total. The number of fused-ring (bicyclic) bond motifs is 1. The molecule has 0 saturated carbocycles. The number of hydrogen-bond acceptors (Lipinski definition) is 5. The number of methoxy groups -OCH3 is 1. The van der Waals surface area contributed by atoms with Crippen LogP contribution in [0.3, 0.4) is 0 Å². The van der Waals surface area contributed by atoms with Gasteiger partial charge in [-0.1, -0.05) is 29.8 Å². The zero-order chi connectivity index (χ0) is 21.2. The quantitative estimate of drug-likeness (QED) is 0.642. The lowest BCUT2D eigenvalue weighted by molar-refractivity contribution is -0.141. The highest BCUT2D eigenvalue weighted by atomic mass is 35.5. The van der Waals surface area contributed by atoms with E-state index >= 15 is 0 Å². The summed E-state index contributed by atoms with van der Waals surface area (Å²) in [5, 5.41) is 22.8. The van der Waals surface area contributed by atoms with Crippen LogP contribution in [0.2, 0.25) is 5.02 Å². The molecule has 0 spiro atoms. The van der Waals surface area contributed by atoms with Gasteiger partial charge in [-0.15, -0.1) is 0 Å². The van der Waals surface area contributed by atoms with Crippen molar-refractivity contribution >= 4 is 40.9 Å². The first-order valence-electron chi connectivity index (χ1n) is 8.28. The fourth-order valence-electron chi connectivity index (χ4n) is 3.12. The van der Waals surface area contributed by atoms with Gasteiger partial charge in [0, 0.05) is 27.6 Å². The van der Waals surface area contributed by atoms with Crippen LogP contribution in [0.4, 0.5) is 10.5 Å². The number of ether oxygens (including phenoxy) is 1. The molecule has 0 bridgehead atoms. The van der Waals surface area contributed by atoms with Crippen LogP contribution in [-0.4, -0.2) is 35.4 Å². The molecule has 9 heteroatoms. The Kier molecular flexibility index (Phi) is 5.38. The third-order valence-electron chi connectivity index (χ3n) is 4.34. The Bertz CT molecular complexity index is 1170. The van der Waals surface area contributed by atoms with Gasteiger partial charge in [0.25, 0.3) is 0 Å². The van der Waals surface area contributed by atoms with E-state index < -0.39 is 23.6 Å². The Balaban J connectivity index is 2.30. The normalized spacial score (nSPS) is 17.5. The molecule has 3 rings (SSSR count). The van der Waals surface area contributed by atoms with Gasteiger partial charge >= 0.3 is 18.0 Å². The minimum atomic E-state index is -1.92. The molecule has 1 aliphatic heterocycles. The number of carboxylic acid groups (broad SMARTS) is 2. The second-order valence-electron chi connectivity index (χ2n) is 6.07. The molecule has 0 aromatic heterocycles. The molecule has 0 aliphatic carbocycles. The summed E-state index contributed by atoms with van der Waals surface area (Å²) >= 11 is 6.03. The van der Waals surface area contributed by atoms with Crippen LogP contribution in [0.5, 0.6) is 0 Å². The number of nitrogens with one attached hydrogen (secondary N) is 1. The molecule has 1 aliphatic rings. The van der Waals surface area contributed by atoms with Crippen molar-refractivity contribution in [3.63, 3.8) is 0 Å². The summed E-state index contributed by atoms with van der Waals surface area (Å²) in [6, 6.07) is 10.7. The Morgan fingerprint density at radius 2 is 1.93 bits per heavy atom. The van der Waals surface area contributed by atoms with Crippen molar-refractivity contribution in [2.24, 2.45) is 4.99 Å². The first kappa shape index (κ1) is 20.1. The molecule has 1 unspecified atom stereocenters. The van der Waals surface area contributed by atoms with Crippen LogP contribution in [-0.2, 0) is 19.9 Å². The molecule has 1 heterocycles. The van der Waals surface area contributed by atoms with Crippen LogP contribution in [0.1, 0.15) is 5.56 Å². The number of halogens is 1. The Hall–Kier alpha value is -3.65. The second-order valence-corrected chi connectivity index (χ2v) is 6.51. The number of rotatable bonds is 5. The highest BCUT2D eigenvalue weighted by Crippen LogP contribution is 2.38. The fourth-order valence-corrected chi connectivity index (χ4v) is 3.29. The van der Waals surface area contributed by atoms with Crippen molar-refractivity contribution in [2.75, 3.05) is 12.4 Å². The van der Waals surface area contributed by atoms with E-state index in [4.69, 9.17) is 16.7 Å². The number of carboxylic acids is 2. The summed E-state index contributed by atoms with van der Waals surface area (Å²) < 4.78 is 4.56. The Morgan fingerprint density at radius 1 is 1.17 bits per heavy atom. The molecule has 1 amide bonds. The molecule has 29 heavy (non-hydrogen) atoms. The lowest BCUT2D eigenvalue weighted by Crippen LogP contribution is -2.34. The van der Waals surface area contributed by atoms with Crippen molar-refractivity contribution in [1.82, 2.24) is 0 Å². The number of nitrogens with zero attached hydrogens (tertiary/aromatic N) is 1. The van der Waals surface area contributed by atoms with Crippen molar-refractivity contribution in [3.05, 3.63) is 75.8 Å². The third kappa shape index (κ3) is 3.70. The van der Waals surface area contributed by atoms with Gasteiger partial charge in [0.1, 0.15) is 0 Å². The number of benzene rings is 2. The van der Waals surface area contributed by atoms with E-state index in [0.29, 0.717) is 21.3 Å². The van der Waals surface area contributed by atoms with Crippen LogP contribution in [0.25, 0.3) is 5.57 Å². The van der Waals surface area contributed by atoms with Crippen LogP contribution in [0, 0.1) is 0 Å². The number of carbonyl (C=O) groups is 3. The third-order valence-corrected chi connectivity index (χ3v) is 4.58. The molecule has 148 valence electrons. The SMILES string of the molecule is COC(=O)Nc1cccc(C2(C(=O)O)N=c3cc(Cl)ccc3=C2C=CC(=O)O)c1. The van der Waals surface area contributed by atoms with Crippen molar-refractivity contribution in [3.8, 4) is 0 Å². The van der Waals surface area contributed by atoms with E-state index in [1.165, 1.54) is 31.4 Å². The van der Waals surface area contributed by atoms with Gasteiger partial charge in [-0.25, -0.2) is 14.4 Å². The number of hydrogen-bond donors (Lipinski definition) is 3. The topological polar surface area (TPSA) is 125 Å². The fraction of sp³-hybridized carbons (Fsp3) is 0.100. The average molecular weight is 415 g/mol. The number of aliphatic carboxylic acids is 2. The zero-order valence-corrected chi connectivity index (χ0v) is 15.8. The van der Waals surface area contributed by atoms with Crippen LogP contribution < -0.4 is 15.9 Å². The predicted octanol–water partition coefficient (Wildman–Crippen LogP) is 1.92. The van der Waals surface area contributed by atoms with Crippen LogP contribution in [0.15, 0.2) is 59.6 Å². The maximum Gasteiger partial charge on any atom is 0.411 e. The smallest absolute Gasteiger partial charge is 0.411 e. The standard InChI is InChI=1S/C20H15ClN2O6/c1-29-19(28)22-13-4-2-3-11(9-13)20(18(26)27)15(7-8-17(24)25)14-6-5-12(21)10-16(14)23-20/h2-10H,1H3,(H,22,28)(H,24,25)(H,26,27). The van der Waals surface area contributed by atoms with Gasteiger partial charge in [-0.05, 0) is 35.9 Å². The molecule has 2 aromatic rings. The first-order chi connectivity index (χ1) is 13.8. The van der Waals surface area contributed by atoms with E-state index in [1.807, 2.05) is 0 Å². The molecular weight excluding hydrogens is 400 g/mol. The molecule has 8 nitrogen and oxygen atoms in total. The monoisotopic (exact) mass is 414 g/mol. The molecule has 0 radical (unpaired) electrons. The molecule has 2 aromatic carbocycles. The average Bonchev–Trinajstić information content (AvgIpc) is 3.00. The molecule has 0 saturated heterocycles. The lowest BCUT2D eigenvalue weighted by atomic mass is 9.82. The summed E-state index contributed by atoms with van der Waals surface area (Å²) in [7, 11) is 1.20. The van der Waals surface area contributed by atoms with Gasteiger partial charge in [0.2, 0.25) is 5.54 Å². The maximum absolute atomic E-state index is 12.5. The van der Waals surface area contributed by atoms with E-state index in [-0.39, 0.29) is 11.1 Å². The summed E-state index contributed by atoms with van der Waals surface area (Å²) in [5.41, 5.74) is -1.25. The van der Waals surface area contributed by atoms with Gasteiger partial charge in [-0.3, -0.25) is 10.3 Å². The summed E-state index contributed by atoms with van der Waals surface area (Å²) in [4.78, 5) is 39.5. The minimum Gasteiger partial charge on any atom is -0.479 e. The Morgan fingerprint density at radius 3 is 2.59 bits per heavy atom. The highest BCUT2D eigenvalue weighted by Gasteiger charge is 2.46. The lowest BCUT2D eigenvalue weighted by Gasteiger charge is -2.25. The van der Waals surface area contributed by atoms with Gasteiger partial charge in [0.05, 0.1) is 12.5 Å². The van der Waals surface area contributed by atoms with E-state index in [1.54, 1.807) is 24.3 Å². The van der Waals surface area contributed by atoms with E-state index in [0.717, 1.165) is 6.08 Å². The highest BCUT2D eigenvalue weighted by molar-refractivity contribution is 6.30. The van der Waals surface area contributed by atoms with Gasteiger partial charge in [0.15, 0.2) is 0 Å².